The van der Waals surface area contributed by atoms with Gasteiger partial charge >= 0.3 is 0 Å². The Labute approximate surface area is 170 Å². The molecule has 2 aliphatic rings. The number of ether oxygens (including phenoxy) is 2. The molecule has 5 rings (SSSR count). The van der Waals surface area contributed by atoms with Crippen LogP contribution in [0.25, 0.3) is 10.9 Å². The molecular formula is C23H25N3O3. The van der Waals surface area contributed by atoms with Gasteiger partial charge in [0.2, 0.25) is 12.7 Å². The van der Waals surface area contributed by atoms with Crippen molar-refractivity contribution in [3.63, 3.8) is 0 Å². The largest absolute Gasteiger partial charge is 0.454 e. The number of para-hydroxylation sites is 1. The maximum absolute atomic E-state index is 12.9. The van der Waals surface area contributed by atoms with E-state index in [4.69, 9.17) is 9.47 Å². The lowest BCUT2D eigenvalue weighted by Crippen LogP contribution is -2.48. The Morgan fingerprint density at radius 2 is 1.83 bits per heavy atom. The highest BCUT2D eigenvalue weighted by Crippen LogP contribution is 2.33. The first-order valence-electron chi connectivity index (χ1n) is 10.1. The summed E-state index contributed by atoms with van der Waals surface area (Å²) in [5.74, 6) is 1.85. The Morgan fingerprint density at radius 3 is 2.69 bits per heavy atom. The number of carbonyl (C=O) groups is 1. The predicted octanol–water partition coefficient (Wildman–Crippen LogP) is 3.09. The fraction of sp³-hybridized carbons (Fsp3) is 0.348. The molecule has 150 valence electrons. The van der Waals surface area contributed by atoms with Crippen LogP contribution in [0.5, 0.6) is 11.5 Å². The van der Waals surface area contributed by atoms with E-state index in [0.717, 1.165) is 66.4 Å². The highest BCUT2D eigenvalue weighted by atomic mass is 16.7. The van der Waals surface area contributed by atoms with Gasteiger partial charge in [-0.15, -0.1) is 0 Å². The van der Waals surface area contributed by atoms with Gasteiger partial charge in [-0.25, -0.2) is 0 Å². The molecule has 6 heteroatoms. The summed E-state index contributed by atoms with van der Waals surface area (Å²) in [5, 5.41) is 1.15. The summed E-state index contributed by atoms with van der Waals surface area (Å²) < 4.78 is 10.9. The first kappa shape index (κ1) is 18.1. The first-order valence-corrected chi connectivity index (χ1v) is 10.1. The van der Waals surface area contributed by atoms with E-state index in [9.17, 15) is 4.79 Å². The first-order chi connectivity index (χ1) is 14.2. The number of aromatic amines is 1. The number of nitrogens with one attached hydrogen (secondary N) is 1. The Balaban J connectivity index is 1.19. The maximum Gasteiger partial charge on any atom is 0.231 e. The van der Waals surface area contributed by atoms with Crippen molar-refractivity contribution in [1.82, 2.24) is 14.8 Å². The van der Waals surface area contributed by atoms with Gasteiger partial charge in [0, 0.05) is 49.3 Å². The Hall–Kier alpha value is -2.99. The van der Waals surface area contributed by atoms with Gasteiger partial charge in [0.05, 0.1) is 6.42 Å². The molecule has 0 bridgehead atoms. The molecule has 3 aromatic rings. The van der Waals surface area contributed by atoms with Crippen LogP contribution < -0.4 is 9.47 Å². The third kappa shape index (κ3) is 3.56. The second-order valence-electron chi connectivity index (χ2n) is 7.80. The number of H-pyrrole nitrogens is 1. The van der Waals surface area contributed by atoms with Crippen LogP contribution in [0.15, 0.2) is 42.5 Å². The van der Waals surface area contributed by atoms with Crippen LogP contribution in [-0.2, 0) is 17.8 Å². The molecule has 29 heavy (non-hydrogen) atoms. The lowest BCUT2D eigenvalue weighted by atomic mass is 10.1. The lowest BCUT2D eigenvalue weighted by Gasteiger charge is -2.35. The maximum atomic E-state index is 12.9. The van der Waals surface area contributed by atoms with E-state index in [2.05, 4.69) is 34.1 Å². The minimum absolute atomic E-state index is 0.209. The van der Waals surface area contributed by atoms with E-state index in [1.165, 1.54) is 5.56 Å². The average molecular weight is 391 g/mol. The summed E-state index contributed by atoms with van der Waals surface area (Å²) >= 11 is 0. The standard InChI is InChI=1S/C23H25N3O3/c1-16-19(18-4-2-3-5-20(18)24-16)13-23(27)26-10-8-25(9-11-26)14-17-6-7-21-22(12-17)29-15-28-21/h2-7,12,24H,8-11,13-15H2,1H3. The number of nitrogens with zero attached hydrogens (tertiary/aromatic N) is 2. The van der Waals surface area contributed by atoms with E-state index < -0.39 is 0 Å². The van der Waals surface area contributed by atoms with Gasteiger partial charge in [-0.1, -0.05) is 24.3 Å². The van der Waals surface area contributed by atoms with E-state index in [0.29, 0.717) is 13.2 Å². The van der Waals surface area contributed by atoms with Crippen LogP contribution in [0, 0.1) is 6.92 Å². The molecule has 0 spiro atoms. The van der Waals surface area contributed by atoms with Gasteiger partial charge in [0.25, 0.3) is 0 Å². The molecule has 0 radical (unpaired) electrons. The summed E-state index contributed by atoms with van der Waals surface area (Å²) in [6, 6.07) is 14.3. The van der Waals surface area contributed by atoms with E-state index in [1.807, 2.05) is 30.0 Å². The molecule has 6 nitrogen and oxygen atoms in total. The van der Waals surface area contributed by atoms with E-state index in [1.54, 1.807) is 0 Å². The van der Waals surface area contributed by atoms with Gasteiger partial charge in [0.15, 0.2) is 11.5 Å². The van der Waals surface area contributed by atoms with Crippen LogP contribution >= 0.6 is 0 Å². The van der Waals surface area contributed by atoms with Crippen molar-refractivity contribution < 1.29 is 14.3 Å². The molecule has 2 aromatic carbocycles. The van der Waals surface area contributed by atoms with Crippen molar-refractivity contribution in [1.29, 1.82) is 0 Å². The Kier molecular flexibility index (Phi) is 4.64. The summed E-state index contributed by atoms with van der Waals surface area (Å²) in [7, 11) is 0. The third-order valence-corrected chi connectivity index (χ3v) is 5.92. The summed E-state index contributed by atoms with van der Waals surface area (Å²) in [6.45, 7) is 6.51. The van der Waals surface area contributed by atoms with Crippen LogP contribution in [0.3, 0.4) is 0 Å². The molecule has 0 aliphatic carbocycles. The number of hydrogen-bond acceptors (Lipinski definition) is 4. The molecular weight excluding hydrogens is 366 g/mol. The monoisotopic (exact) mass is 391 g/mol. The number of hydrogen-bond donors (Lipinski definition) is 1. The molecule has 0 saturated carbocycles. The van der Waals surface area contributed by atoms with Crippen molar-refractivity contribution in [3.05, 3.63) is 59.3 Å². The number of aryl methyl sites for hydroxylation is 1. The molecule has 0 atom stereocenters. The Bertz CT molecular complexity index is 1050. The Morgan fingerprint density at radius 1 is 1.03 bits per heavy atom. The molecule has 1 saturated heterocycles. The number of piperazine rings is 1. The zero-order valence-electron chi connectivity index (χ0n) is 16.6. The van der Waals surface area contributed by atoms with Gasteiger partial charge in [0.1, 0.15) is 0 Å². The number of fused-ring (bicyclic) bond motifs is 2. The van der Waals surface area contributed by atoms with Crippen molar-refractivity contribution >= 4 is 16.8 Å². The van der Waals surface area contributed by atoms with Crippen molar-refractivity contribution in [3.8, 4) is 11.5 Å². The molecule has 1 amide bonds. The number of carbonyl (C=O) groups excluding carboxylic acids is 1. The number of aromatic nitrogens is 1. The molecule has 2 aliphatic heterocycles. The molecule has 1 aromatic heterocycles. The number of benzene rings is 2. The van der Waals surface area contributed by atoms with Gasteiger partial charge in [-0.3, -0.25) is 9.69 Å². The summed E-state index contributed by atoms with van der Waals surface area (Å²) in [5.41, 5.74) is 4.51. The third-order valence-electron chi connectivity index (χ3n) is 5.92. The van der Waals surface area contributed by atoms with Gasteiger partial charge in [-0.2, -0.15) is 0 Å². The van der Waals surface area contributed by atoms with Crippen molar-refractivity contribution in [2.75, 3.05) is 33.0 Å². The quantitative estimate of drug-likeness (QED) is 0.743. The van der Waals surface area contributed by atoms with E-state index in [-0.39, 0.29) is 5.91 Å². The number of amides is 1. The van der Waals surface area contributed by atoms with Gasteiger partial charge < -0.3 is 19.4 Å². The topological polar surface area (TPSA) is 57.8 Å². The van der Waals surface area contributed by atoms with Crippen LogP contribution in [0.4, 0.5) is 0 Å². The van der Waals surface area contributed by atoms with Crippen LogP contribution in [0.1, 0.15) is 16.8 Å². The fourth-order valence-corrected chi connectivity index (χ4v) is 4.28. The average Bonchev–Trinajstić information content (AvgIpc) is 3.32. The highest BCUT2D eigenvalue weighted by molar-refractivity contribution is 5.90. The molecule has 3 heterocycles. The lowest BCUT2D eigenvalue weighted by molar-refractivity contribution is -0.132. The van der Waals surface area contributed by atoms with Crippen LogP contribution in [0.2, 0.25) is 0 Å². The normalized spacial score (nSPS) is 16.5. The van der Waals surface area contributed by atoms with E-state index >= 15 is 0 Å². The molecule has 0 unspecified atom stereocenters. The summed E-state index contributed by atoms with van der Waals surface area (Å²) in [6.07, 6.45) is 0.456. The van der Waals surface area contributed by atoms with Crippen molar-refractivity contribution in [2.24, 2.45) is 0 Å². The zero-order chi connectivity index (χ0) is 19.8. The SMILES string of the molecule is Cc1[nH]c2ccccc2c1CC(=O)N1CCN(Cc2ccc3c(c2)OCO3)CC1. The molecule has 1 fully saturated rings. The van der Waals surface area contributed by atoms with Gasteiger partial charge in [-0.05, 0) is 36.2 Å². The fourth-order valence-electron chi connectivity index (χ4n) is 4.28. The smallest absolute Gasteiger partial charge is 0.231 e. The zero-order valence-corrected chi connectivity index (χ0v) is 16.6. The molecule has 1 N–H and O–H groups in total. The minimum Gasteiger partial charge on any atom is -0.454 e. The highest BCUT2D eigenvalue weighted by Gasteiger charge is 2.23. The van der Waals surface area contributed by atoms with Crippen LogP contribution in [-0.4, -0.2) is 53.7 Å². The second kappa shape index (κ2) is 7.44. The number of rotatable bonds is 4. The summed E-state index contributed by atoms with van der Waals surface area (Å²) in [4.78, 5) is 20.7. The van der Waals surface area contributed by atoms with Crippen molar-refractivity contribution in [2.45, 2.75) is 19.9 Å². The predicted molar refractivity (Wildman–Crippen MR) is 111 cm³/mol. The second-order valence-corrected chi connectivity index (χ2v) is 7.80. The minimum atomic E-state index is 0.209.